The first kappa shape index (κ1) is 23.4. The molecule has 3 N–H and O–H groups in total. The highest BCUT2D eigenvalue weighted by molar-refractivity contribution is 6.76. The minimum absolute atomic E-state index is 0.206. The lowest BCUT2D eigenvalue weighted by Gasteiger charge is -2.21. The third-order valence-electron chi connectivity index (χ3n) is 4.86. The molecule has 0 aliphatic carbocycles. The molecule has 1 aromatic carbocycles. The third-order valence-corrected chi connectivity index (χ3v) is 6.57. The van der Waals surface area contributed by atoms with Crippen LogP contribution in [0.1, 0.15) is 34.0 Å². The number of aliphatic hydroxyl groups excluding tert-OH is 1. The van der Waals surface area contributed by atoms with Crippen LogP contribution < -0.4 is 15.2 Å². The van der Waals surface area contributed by atoms with Crippen molar-refractivity contribution in [2.24, 2.45) is 5.73 Å². The molecule has 1 aliphatic rings. The van der Waals surface area contributed by atoms with E-state index in [4.69, 9.17) is 29.8 Å². The maximum atomic E-state index is 12.5. The van der Waals surface area contributed by atoms with Gasteiger partial charge in [0.25, 0.3) is 0 Å². The largest absolute Gasteiger partial charge is 0.496 e. The molecule has 0 bridgehead atoms. The van der Waals surface area contributed by atoms with Gasteiger partial charge in [-0.2, -0.15) is 0 Å². The summed E-state index contributed by atoms with van der Waals surface area (Å²) in [5.41, 5.74) is 9.15. The van der Waals surface area contributed by atoms with E-state index in [9.17, 15) is 4.79 Å². The second-order valence-corrected chi connectivity index (χ2v) is 14.1. The Kier molecular flexibility index (Phi) is 7.87. The number of fused-ring (bicyclic) bond motifs is 1. The van der Waals surface area contributed by atoms with Crippen molar-refractivity contribution in [1.29, 1.82) is 0 Å². The van der Waals surface area contributed by atoms with Gasteiger partial charge in [-0.05, 0) is 31.9 Å². The predicted molar refractivity (Wildman–Crippen MR) is 114 cm³/mol. The lowest BCUT2D eigenvalue weighted by molar-refractivity contribution is -0.0854. The van der Waals surface area contributed by atoms with Crippen molar-refractivity contribution in [2.75, 3.05) is 20.3 Å². The molecule has 0 aromatic heterocycles. The van der Waals surface area contributed by atoms with Gasteiger partial charge >= 0.3 is 5.97 Å². The quantitative estimate of drug-likeness (QED) is 0.258. The number of ether oxygens (including phenoxy) is 4. The summed E-state index contributed by atoms with van der Waals surface area (Å²) in [5.74, 6) is 0.895. The number of allylic oxidation sites excluding steroid dienone is 1. The predicted octanol–water partition coefficient (Wildman–Crippen LogP) is 3.13. The number of carbonyl (C=O) groups excluding carboxylic acids is 1. The number of nitrogens with two attached hydrogens (primary N) is 1. The summed E-state index contributed by atoms with van der Waals surface area (Å²) in [6, 6.07) is 0.976. The van der Waals surface area contributed by atoms with Crippen LogP contribution in [0.5, 0.6) is 11.5 Å². The Morgan fingerprint density at radius 3 is 2.62 bits per heavy atom. The average molecular weight is 424 g/mol. The summed E-state index contributed by atoms with van der Waals surface area (Å²) < 4.78 is 22.2. The van der Waals surface area contributed by atoms with E-state index in [0.717, 1.165) is 28.3 Å². The SMILES string of the molecule is COc1c(C)c2c(c(OCC[Si](C)(C)C)c1C/C=C(\C)COC(N)O)C(=O)OC2. The van der Waals surface area contributed by atoms with E-state index >= 15 is 0 Å². The second kappa shape index (κ2) is 9.75. The van der Waals surface area contributed by atoms with Crippen LogP contribution in [0.3, 0.4) is 0 Å². The molecule has 2 rings (SSSR count). The molecular weight excluding hydrogens is 390 g/mol. The number of aliphatic hydroxyl groups is 1. The molecule has 1 atom stereocenters. The molecule has 0 saturated carbocycles. The van der Waals surface area contributed by atoms with Crippen molar-refractivity contribution in [3.63, 3.8) is 0 Å². The molecule has 0 radical (unpaired) electrons. The minimum atomic E-state index is -1.31. The van der Waals surface area contributed by atoms with Crippen molar-refractivity contribution in [3.8, 4) is 11.5 Å². The monoisotopic (exact) mass is 423 g/mol. The zero-order valence-corrected chi connectivity index (χ0v) is 19.3. The molecule has 0 fully saturated rings. The topological polar surface area (TPSA) is 100 Å². The molecule has 1 aromatic rings. The van der Waals surface area contributed by atoms with Crippen LogP contribution in [-0.4, -0.2) is 45.9 Å². The van der Waals surface area contributed by atoms with Gasteiger partial charge in [-0.3, -0.25) is 5.73 Å². The van der Waals surface area contributed by atoms with Crippen LogP contribution in [0, 0.1) is 6.92 Å². The number of hydrogen-bond acceptors (Lipinski definition) is 7. The normalized spacial score (nSPS) is 15.2. The highest BCUT2D eigenvalue weighted by Crippen LogP contribution is 2.43. The first-order valence-corrected chi connectivity index (χ1v) is 13.5. The fraction of sp³-hybridized carbons (Fsp3) is 0.571. The van der Waals surface area contributed by atoms with Crippen LogP contribution >= 0.6 is 0 Å². The Hall–Kier alpha value is -1.87. The van der Waals surface area contributed by atoms with E-state index in [0.29, 0.717) is 30.1 Å². The van der Waals surface area contributed by atoms with Gasteiger partial charge in [0.05, 0.1) is 20.3 Å². The van der Waals surface area contributed by atoms with Gasteiger partial charge in [0.1, 0.15) is 23.7 Å². The summed E-state index contributed by atoms with van der Waals surface area (Å²) >= 11 is 0. The molecule has 8 heteroatoms. The fourth-order valence-corrected chi connectivity index (χ4v) is 3.89. The Morgan fingerprint density at radius 2 is 2.03 bits per heavy atom. The summed E-state index contributed by atoms with van der Waals surface area (Å²) in [4.78, 5) is 12.5. The van der Waals surface area contributed by atoms with Crippen LogP contribution in [-0.2, 0) is 22.5 Å². The van der Waals surface area contributed by atoms with E-state index in [1.807, 2.05) is 19.9 Å². The number of carbonyl (C=O) groups is 1. The van der Waals surface area contributed by atoms with E-state index in [1.165, 1.54) is 0 Å². The minimum Gasteiger partial charge on any atom is -0.496 e. The fourth-order valence-electron chi connectivity index (χ4n) is 3.18. The van der Waals surface area contributed by atoms with Gasteiger partial charge in [-0.25, -0.2) is 4.79 Å². The summed E-state index contributed by atoms with van der Waals surface area (Å²) in [7, 11) is 0.319. The summed E-state index contributed by atoms with van der Waals surface area (Å²) in [6.45, 7) is 11.6. The van der Waals surface area contributed by atoms with Crippen LogP contribution in [0.4, 0.5) is 0 Å². The van der Waals surface area contributed by atoms with Crippen molar-refractivity contribution in [2.45, 2.75) is 59.0 Å². The second-order valence-electron chi connectivity index (χ2n) is 8.51. The van der Waals surface area contributed by atoms with Crippen molar-refractivity contribution in [3.05, 3.63) is 33.9 Å². The maximum Gasteiger partial charge on any atom is 0.342 e. The standard InChI is InChI=1S/C21H33NO6Si/c1-13(11-28-21(22)24)7-8-15-18(25-3)14(2)16-12-27-20(23)17(16)19(15)26-9-10-29(4,5)6/h7,21,24H,8-12,22H2,1-6H3/b13-7+. The molecule has 7 nitrogen and oxygen atoms in total. The molecule has 0 saturated heterocycles. The van der Waals surface area contributed by atoms with E-state index in [2.05, 4.69) is 19.6 Å². The lowest BCUT2D eigenvalue weighted by Crippen LogP contribution is -2.23. The first-order valence-electron chi connectivity index (χ1n) is 9.78. The zero-order valence-electron chi connectivity index (χ0n) is 18.3. The van der Waals surface area contributed by atoms with Crippen molar-refractivity contribution < 1.29 is 28.8 Å². The summed E-state index contributed by atoms with van der Waals surface area (Å²) in [6.07, 6.45) is 1.13. The molecule has 0 spiro atoms. The number of benzene rings is 1. The highest BCUT2D eigenvalue weighted by Gasteiger charge is 2.33. The number of esters is 1. The molecule has 29 heavy (non-hydrogen) atoms. The van der Waals surface area contributed by atoms with Gasteiger partial charge in [0.15, 0.2) is 0 Å². The van der Waals surface area contributed by atoms with E-state index in [1.54, 1.807) is 7.11 Å². The first-order chi connectivity index (χ1) is 13.5. The van der Waals surface area contributed by atoms with E-state index < -0.39 is 14.5 Å². The smallest absolute Gasteiger partial charge is 0.342 e. The lowest BCUT2D eigenvalue weighted by atomic mass is 9.95. The Morgan fingerprint density at radius 1 is 1.34 bits per heavy atom. The third kappa shape index (κ3) is 6.05. The summed E-state index contributed by atoms with van der Waals surface area (Å²) in [5, 5.41) is 9.09. The zero-order chi connectivity index (χ0) is 21.8. The molecule has 162 valence electrons. The van der Waals surface area contributed by atoms with Gasteiger partial charge in [-0.1, -0.05) is 31.3 Å². The molecular formula is C21H33NO6Si. The van der Waals surface area contributed by atoms with Crippen molar-refractivity contribution >= 4 is 14.0 Å². The maximum absolute atomic E-state index is 12.5. The number of methoxy groups -OCH3 is 1. The van der Waals surface area contributed by atoms with Crippen LogP contribution in [0.2, 0.25) is 25.7 Å². The molecule has 1 aliphatic heterocycles. The molecule has 1 unspecified atom stereocenters. The number of cyclic esters (lactones) is 1. The van der Waals surface area contributed by atoms with Crippen molar-refractivity contribution in [1.82, 2.24) is 0 Å². The molecule has 0 amide bonds. The van der Waals surface area contributed by atoms with Crippen LogP contribution in [0.25, 0.3) is 0 Å². The van der Waals surface area contributed by atoms with Gasteiger partial charge in [-0.15, -0.1) is 0 Å². The number of rotatable bonds is 10. The van der Waals surface area contributed by atoms with Gasteiger partial charge < -0.3 is 24.1 Å². The van der Waals surface area contributed by atoms with Gasteiger partial charge in [0.2, 0.25) is 6.41 Å². The highest BCUT2D eigenvalue weighted by atomic mass is 28.3. The van der Waals surface area contributed by atoms with Gasteiger partial charge in [0, 0.05) is 19.2 Å². The Labute approximate surface area is 173 Å². The Balaban J connectivity index is 2.43. The number of hydrogen-bond donors (Lipinski definition) is 2. The Bertz CT molecular complexity index is 783. The average Bonchev–Trinajstić information content (AvgIpc) is 3.01. The molecule has 1 heterocycles. The van der Waals surface area contributed by atoms with Crippen LogP contribution in [0.15, 0.2) is 11.6 Å². The van der Waals surface area contributed by atoms with E-state index in [-0.39, 0.29) is 19.2 Å².